The van der Waals surface area contributed by atoms with E-state index in [4.69, 9.17) is 0 Å². The van der Waals surface area contributed by atoms with Crippen molar-refractivity contribution in [2.75, 3.05) is 12.3 Å². The van der Waals surface area contributed by atoms with Crippen LogP contribution in [0.4, 0.5) is 4.79 Å². The van der Waals surface area contributed by atoms with Crippen LogP contribution in [-0.2, 0) is 4.79 Å². The molecule has 2 aliphatic rings. The number of hydrogen-bond acceptors (Lipinski definition) is 3. The van der Waals surface area contributed by atoms with Gasteiger partial charge in [0.2, 0.25) is 0 Å². The van der Waals surface area contributed by atoms with Crippen molar-refractivity contribution in [3.8, 4) is 0 Å². The Labute approximate surface area is 124 Å². The van der Waals surface area contributed by atoms with Gasteiger partial charge in [-0.05, 0) is 30.6 Å². The van der Waals surface area contributed by atoms with Crippen LogP contribution in [0.5, 0.6) is 0 Å². The number of thioether (sulfide) groups is 1. The standard InChI is InChI=1S/C14H24N2O3S/c1-8(2)9(3)6-15-14(19)16-11(13(17)18)7-20-12(16)10-4-5-10/h8-12H,4-7H2,1-3H3,(H,15,19)(H,17,18). The minimum Gasteiger partial charge on any atom is -0.480 e. The lowest BCUT2D eigenvalue weighted by Gasteiger charge is -2.28. The fraction of sp³-hybridized carbons (Fsp3) is 0.857. The zero-order chi connectivity index (χ0) is 14.9. The molecule has 0 aromatic heterocycles. The monoisotopic (exact) mass is 300 g/mol. The Kier molecular flexibility index (Phi) is 4.83. The molecule has 1 heterocycles. The third-order valence-corrected chi connectivity index (χ3v) is 5.75. The summed E-state index contributed by atoms with van der Waals surface area (Å²) < 4.78 is 0. The lowest BCUT2D eigenvalue weighted by Crippen LogP contribution is -2.51. The van der Waals surface area contributed by atoms with Crippen molar-refractivity contribution in [3.63, 3.8) is 0 Å². The first-order chi connectivity index (χ1) is 9.41. The molecule has 3 atom stereocenters. The van der Waals surface area contributed by atoms with Crippen LogP contribution in [0.15, 0.2) is 0 Å². The van der Waals surface area contributed by atoms with E-state index in [9.17, 15) is 14.7 Å². The summed E-state index contributed by atoms with van der Waals surface area (Å²) in [7, 11) is 0. The summed E-state index contributed by atoms with van der Waals surface area (Å²) in [5.41, 5.74) is 0. The lowest BCUT2D eigenvalue weighted by atomic mass is 9.98. The van der Waals surface area contributed by atoms with E-state index in [1.54, 1.807) is 16.7 Å². The molecule has 2 rings (SSSR count). The molecule has 114 valence electrons. The van der Waals surface area contributed by atoms with Gasteiger partial charge in [0.15, 0.2) is 0 Å². The van der Waals surface area contributed by atoms with Gasteiger partial charge in [0, 0.05) is 12.3 Å². The lowest BCUT2D eigenvalue weighted by molar-refractivity contribution is -0.141. The molecule has 0 bridgehead atoms. The molecule has 0 aromatic rings. The molecule has 2 amide bonds. The van der Waals surface area contributed by atoms with Crippen LogP contribution in [0.1, 0.15) is 33.6 Å². The van der Waals surface area contributed by atoms with Gasteiger partial charge in [-0.1, -0.05) is 20.8 Å². The van der Waals surface area contributed by atoms with Crippen LogP contribution in [0.3, 0.4) is 0 Å². The Morgan fingerprint density at radius 1 is 1.35 bits per heavy atom. The maximum Gasteiger partial charge on any atom is 0.327 e. The summed E-state index contributed by atoms with van der Waals surface area (Å²) in [4.78, 5) is 25.3. The van der Waals surface area contributed by atoms with Crippen LogP contribution in [0, 0.1) is 17.8 Å². The molecule has 0 aromatic carbocycles. The second kappa shape index (κ2) is 6.24. The number of carbonyl (C=O) groups excluding carboxylic acids is 1. The fourth-order valence-corrected chi connectivity index (χ4v) is 3.93. The molecule has 1 aliphatic carbocycles. The second-order valence-corrected chi connectivity index (χ2v) is 7.38. The first-order valence-corrected chi connectivity index (χ1v) is 8.37. The van der Waals surface area contributed by atoms with Gasteiger partial charge in [0.05, 0.1) is 5.37 Å². The Bertz CT molecular complexity index is 385. The highest BCUT2D eigenvalue weighted by atomic mass is 32.2. The van der Waals surface area contributed by atoms with Crippen molar-refractivity contribution >= 4 is 23.8 Å². The molecule has 1 aliphatic heterocycles. The van der Waals surface area contributed by atoms with Crippen molar-refractivity contribution in [1.82, 2.24) is 10.2 Å². The molecule has 1 saturated carbocycles. The first kappa shape index (κ1) is 15.5. The topological polar surface area (TPSA) is 69.6 Å². The van der Waals surface area contributed by atoms with E-state index in [2.05, 4.69) is 26.1 Å². The van der Waals surface area contributed by atoms with E-state index in [-0.39, 0.29) is 11.4 Å². The highest BCUT2D eigenvalue weighted by Crippen LogP contribution is 2.45. The molecule has 20 heavy (non-hydrogen) atoms. The number of nitrogens with one attached hydrogen (secondary N) is 1. The van der Waals surface area contributed by atoms with Gasteiger partial charge in [-0.15, -0.1) is 11.8 Å². The van der Waals surface area contributed by atoms with E-state index in [1.165, 1.54) is 0 Å². The number of rotatable bonds is 5. The summed E-state index contributed by atoms with van der Waals surface area (Å²) >= 11 is 1.61. The third kappa shape index (κ3) is 3.40. The fourth-order valence-electron chi connectivity index (χ4n) is 2.29. The van der Waals surface area contributed by atoms with Crippen molar-refractivity contribution in [1.29, 1.82) is 0 Å². The second-order valence-electron chi connectivity index (χ2n) is 6.23. The molecule has 0 radical (unpaired) electrons. The van der Waals surface area contributed by atoms with Crippen LogP contribution in [0.25, 0.3) is 0 Å². The maximum absolute atomic E-state index is 12.4. The predicted molar refractivity (Wildman–Crippen MR) is 79.6 cm³/mol. The number of carboxylic acids is 1. The molecule has 2 N–H and O–H groups in total. The van der Waals surface area contributed by atoms with E-state index >= 15 is 0 Å². The Morgan fingerprint density at radius 2 is 2.00 bits per heavy atom. The van der Waals surface area contributed by atoms with Crippen LogP contribution >= 0.6 is 11.8 Å². The van der Waals surface area contributed by atoms with Crippen molar-refractivity contribution < 1.29 is 14.7 Å². The van der Waals surface area contributed by atoms with Crippen LogP contribution in [-0.4, -0.2) is 45.7 Å². The molecule has 1 saturated heterocycles. The summed E-state index contributed by atoms with van der Waals surface area (Å²) in [5.74, 6) is 0.976. The Hall–Kier alpha value is -0.910. The normalized spacial score (nSPS) is 27.7. The average Bonchev–Trinajstić information content (AvgIpc) is 3.13. The highest BCUT2D eigenvalue weighted by molar-refractivity contribution is 8.00. The highest BCUT2D eigenvalue weighted by Gasteiger charge is 2.48. The number of carbonyl (C=O) groups is 2. The molecule has 5 nitrogen and oxygen atoms in total. The minimum atomic E-state index is -0.896. The van der Waals surface area contributed by atoms with Gasteiger partial charge >= 0.3 is 12.0 Å². The number of urea groups is 1. The van der Waals surface area contributed by atoms with E-state index < -0.39 is 12.0 Å². The summed E-state index contributed by atoms with van der Waals surface area (Å²) in [6.45, 7) is 6.93. The maximum atomic E-state index is 12.4. The molecule has 6 heteroatoms. The van der Waals surface area contributed by atoms with Gasteiger partial charge in [-0.3, -0.25) is 4.90 Å². The summed E-state index contributed by atoms with van der Waals surface area (Å²) in [6, 6.07) is -0.897. The zero-order valence-corrected chi connectivity index (χ0v) is 13.2. The van der Waals surface area contributed by atoms with Gasteiger partial charge in [-0.25, -0.2) is 9.59 Å². The summed E-state index contributed by atoms with van der Waals surface area (Å²) in [5, 5.41) is 12.2. The van der Waals surface area contributed by atoms with Crippen molar-refractivity contribution in [2.45, 2.75) is 45.0 Å². The smallest absolute Gasteiger partial charge is 0.327 e. The predicted octanol–water partition coefficient (Wildman–Crippen LogP) is 2.23. The quantitative estimate of drug-likeness (QED) is 0.817. The third-order valence-electron chi connectivity index (χ3n) is 4.29. The van der Waals surface area contributed by atoms with E-state index in [1.807, 2.05) is 0 Å². The number of carboxylic acid groups (broad SMARTS) is 1. The molecular formula is C14H24N2O3S. The summed E-state index contributed by atoms with van der Waals surface area (Å²) in [6.07, 6.45) is 2.21. The SMILES string of the molecule is CC(C)C(C)CNC(=O)N1C(C(=O)O)CSC1C1CC1. The van der Waals surface area contributed by atoms with Crippen molar-refractivity contribution in [2.24, 2.45) is 17.8 Å². The van der Waals surface area contributed by atoms with Gasteiger partial charge < -0.3 is 10.4 Å². The van der Waals surface area contributed by atoms with Gasteiger partial charge in [0.1, 0.15) is 6.04 Å². The van der Waals surface area contributed by atoms with Crippen LogP contribution in [0.2, 0.25) is 0 Å². The Morgan fingerprint density at radius 3 is 2.50 bits per heavy atom. The molecular weight excluding hydrogens is 276 g/mol. The Balaban J connectivity index is 1.98. The average molecular weight is 300 g/mol. The van der Waals surface area contributed by atoms with Gasteiger partial charge in [0.25, 0.3) is 0 Å². The van der Waals surface area contributed by atoms with Crippen molar-refractivity contribution in [3.05, 3.63) is 0 Å². The molecule has 0 spiro atoms. The number of nitrogens with zero attached hydrogens (tertiary/aromatic N) is 1. The zero-order valence-electron chi connectivity index (χ0n) is 12.3. The molecule has 3 unspecified atom stereocenters. The van der Waals surface area contributed by atoms with Gasteiger partial charge in [-0.2, -0.15) is 0 Å². The minimum absolute atomic E-state index is 0.0467. The number of aliphatic carboxylic acids is 1. The largest absolute Gasteiger partial charge is 0.480 e. The van der Waals surface area contributed by atoms with E-state index in [0.29, 0.717) is 30.1 Å². The number of amides is 2. The first-order valence-electron chi connectivity index (χ1n) is 7.32. The number of hydrogen-bond donors (Lipinski definition) is 2. The van der Waals surface area contributed by atoms with Crippen LogP contribution < -0.4 is 5.32 Å². The van der Waals surface area contributed by atoms with E-state index in [0.717, 1.165) is 12.8 Å². The molecule has 2 fully saturated rings.